The summed E-state index contributed by atoms with van der Waals surface area (Å²) in [6, 6.07) is 2.07. The molecule has 1 aromatic rings. The normalized spacial score (nSPS) is 22.6. The highest BCUT2D eigenvalue weighted by molar-refractivity contribution is 6.31. The molecular weight excluding hydrogens is 364 g/mol. The van der Waals surface area contributed by atoms with Crippen molar-refractivity contribution in [3.05, 3.63) is 23.0 Å². The summed E-state index contributed by atoms with van der Waals surface area (Å²) in [5.74, 6) is -0.0196. The van der Waals surface area contributed by atoms with Crippen molar-refractivity contribution >= 4 is 23.5 Å². The van der Waals surface area contributed by atoms with Crippen LogP contribution in [0.5, 0.6) is 0 Å². The lowest BCUT2D eigenvalue weighted by Gasteiger charge is -2.46. The summed E-state index contributed by atoms with van der Waals surface area (Å²) in [5, 5.41) is 3.78. The Balaban J connectivity index is 1.28. The Morgan fingerprint density at radius 3 is 2.41 bits per heavy atom. The fraction of sp³-hybridized carbons (Fsp3) is 0.700. The average molecular weight is 393 g/mol. The maximum atomic E-state index is 12.8. The first-order chi connectivity index (χ1) is 13.0. The van der Waals surface area contributed by atoms with E-state index < -0.39 is 0 Å². The number of hydrogen-bond donors (Lipinski definition) is 1. The highest BCUT2D eigenvalue weighted by Gasteiger charge is 2.46. The second-order valence-corrected chi connectivity index (χ2v) is 8.99. The molecule has 4 rings (SSSR count). The van der Waals surface area contributed by atoms with E-state index >= 15 is 0 Å². The van der Waals surface area contributed by atoms with E-state index in [9.17, 15) is 9.59 Å². The monoisotopic (exact) mass is 392 g/mol. The lowest BCUT2D eigenvalue weighted by molar-refractivity contribution is 0.0748. The number of aryl methyl sites for hydroxylation is 1. The van der Waals surface area contributed by atoms with E-state index in [1.165, 1.54) is 25.7 Å². The molecule has 2 aliphatic carbocycles. The molecule has 0 bridgehead atoms. The summed E-state index contributed by atoms with van der Waals surface area (Å²) >= 11 is 6.01. The Morgan fingerprint density at radius 1 is 1.07 bits per heavy atom. The topological polar surface area (TPSA) is 57.6 Å². The zero-order valence-electron chi connectivity index (χ0n) is 16.0. The van der Waals surface area contributed by atoms with Gasteiger partial charge in [0, 0.05) is 45.5 Å². The molecule has 0 radical (unpaired) electrons. The van der Waals surface area contributed by atoms with Crippen molar-refractivity contribution in [3.8, 4) is 0 Å². The van der Waals surface area contributed by atoms with Crippen molar-refractivity contribution in [2.24, 2.45) is 12.5 Å². The predicted molar refractivity (Wildman–Crippen MR) is 105 cm³/mol. The van der Waals surface area contributed by atoms with Crippen LogP contribution < -0.4 is 5.32 Å². The van der Waals surface area contributed by atoms with Crippen LogP contribution in [-0.4, -0.2) is 58.5 Å². The number of aromatic nitrogens is 1. The average Bonchev–Trinajstić information content (AvgIpc) is 3.12. The summed E-state index contributed by atoms with van der Waals surface area (Å²) in [6.07, 6.45) is 10.2. The summed E-state index contributed by atoms with van der Waals surface area (Å²) in [6.45, 7) is 2.50. The number of carbonyl (C=O) groups is 2. The van der Waals surface area contributed by atoms with Gasteiger partial charge in [0.15, 0.2) is 0 Å². The van der Waals surface area contributed by atoms with Crippen LogP contribution in [0.15, 0.2) is 12.3 Å². The molecular formula is C20H29ClN4O2. The highest BCUT2D eigenvalue weighted by Crippen LogP contribution is 2.53. The van der Waals surface area contributed by atoms with E-state index in [-0.39, 0.29) is 11.9 Å². The van der Waals surface area contributed by atoms with Gasteiger partial charge in [-0.05, 0) is 43.6 Å². The first-order valence-electron chi connectivity index (χ1n) is 10.1. The number of nitrogens with one attached hydrogen (secondary N) is 1. The van der Waals surface area contributed by atoms with Gasteiger partial charge in [0.05, 0.1) is 5.02 Å². The highest BCUT2D eigenvalue weighted by atomic mass is 35.5. The maximum absolute atomic E-state index is 12.8. The molecule has 1 aliphatic heterocycles. The molecule has 7 heteroatoms. The predicted octanol–water partition coefficient (Wildman–Crippen LogP) is 3.26. The SMILES string of the molecule is Cn1cc(Cl)cc1C(=O)N1CCCN(C(=O)NC2CC3(CCCC3)C2)CC1. The van der Waals surface area contributed by atoms with Gasteiger partial charge in [0.2, 0.25) is 0 Å². The Morgan fingerprint density at radius 2 is 1.74 bits per heavy atom. The molecule has 6 nitrogen and oxygen atoms in total. The third kappa shape index (κ3) is 3.82. The molecule has 3 aliphatic rings. The molecule has 3 amide bonds. The van der Waals surface area contributed by atoms with Crippen LogP contribution in [0.3, 0.4) is 0 Å². The van der Waals surface area contributed by atoms with E-state index in [4.69, 9.17) is 11.6 Å². The molecule has 1 N–H and O–H groups in total. The van der Waals surface area contributed by atoms with Crippen molar-refractivity contribution in [2.45, 2.75) is 51.0 Å². The van der Waals surface area contributed by atoms with Crippen molar-refractivity contribution in [2.75, 3.05) is 26.2 Å². The number of nitrogens with zero attached hydrogens (tertiary/aromatic N) is 3. The second-order valence-electron chi connectivity index (χ2n) is 8.55. The Hall–Kier alpha value is -1.69. The van der Waals surface area contributed by atoms with Gasteiger partial charge in [0.1, 0.15) is 5.69 Å². The van der Waals surface area contributed by atoms with E-state index in [2.05, 4.69) is 5.32 Å². The summed E-state index contributed by atoms with van der Waals surface area (Å²) in [5.41, 5.74) is 1.13. The van der Waals surface area contributed by atoms with Gasteiger partial charge >= 0.3 is 6.03 Å². The zero-order chi connectivity index (χ0) is 19.0. The van der Waals surface area contributed by atoms with E-state index in [1.807, 2.05) is 16.8 Å². The van der Waals surface area contributed by atoms with E-state index in [1.54, 1.807) is 16.8 Å². The van der Waals surface area contributed by atoms with E-state index in [0.717, 1.165) is 19.3 Å². The Bertz CT molecular complexity index is 718. The van der Waals surface area contributed by atoms with Crippen molar-refractivity contribution in [1.82, 2.24) is 19.7 Å². The molecule has 0 unspecified atom stereocenters. The molecule has 0 atom stereocenters. The van der Waals surface area contributed by atoms with Gasteiger partial charge in [-0.1, -0.05) is 24.4 Å². The van der Waals surface area contributed by atoms with Crippen LogP contribution in [0.2, 0.25) is 5.02 Å². The quantitative estimate of drug-likeness (QED) is 0.839. The first kappa shape index (κ1) is 18.7. The molecule has 148 valence electrons. The minimum atomic E-state index is -0.0196. The van der Waals surface area contributed by atoms with Crippen molar-refractivity contribution in [3.63, 3.8) is 0 Å². The van der Waals surface area contributed by atoms with Crippen LogP contribution in [0.1, 0.15) is 55.4 Å². The molecule has 3 fully saturated rings. The molecule has 1 spiro atoms. The smallest absolute Gasteiger partial charge is 0.317 e. The number of urea groups is 1. The van der Waals surface area contributed by atoms with Crippen LogP contribution in [0.25, 0.3) is 0 Å². The number of hydrogen-bond acceptors (Lipinski definition) is 2. The second kappa shape index (κ2) is 7.38. The summed E-state index contributed by atoms with van der Waals surface area (Å²) in [4.78, 5) is 29.1. The van der Waals surface area contributed by atoms with Gasteiger partial charge in [-0.15, -0.1) is 0 Å². The lowest BCUT2D eigenvalue weighted by atomic mass is 9.64. The molecule has 0 aromatic carbocycles. The molecule has 2 saturated carbocycles. The molecule has 1 saturated heterocycles. The maximum Gasteiger partial charge on any atom is 0.317 e. The summed E-state index contributed by atoms with van der Waals surface area (Å²) in [7, 11) is 1.83. The molecule has 2 heterocycles. The zero-order valence-corrected chi connectivity index (χ0v) is 16.8. The van der Waals surface area contributed by atoms with Gasteiger partial charge in [-0.25, -0.2) is 4.79 Å². The third-order valence-electron chi connectivity index (χ3n) is 6.61. The van der Waals surface area contributed by atoms with Crippen LogP contribution in [0.4, 0.5) is 4.79 Å². The van der Waals surface area contributed by atoms with Crippen LogP contribution in [0, 0.1) is 5.41 Å². The Labute approximate surface area is 165 Å². The van der Waals surface area contributed by atoms with Gasteiger partial charge in [-0.2, -0.15) is 0 Å². The van der Waals surface area contributed by atoms with Crippen molar-refractivity contribution < 1.29 is 9.59 Å². The van der Waals surface area contributed by atoms with Crippen LogP contribution >= 0.6 is 11.6 Å². The lowest BCUT2D eigenvalue weighted by Crippen LogP contribution is -2.53. The minimum Gasteiger partial charge on any atom is -0.345 e. The van der Waals surface area contributed by atoms with Crippen molar-refractivity contribution in [1.29, 1.82) is 0 Å². The fourth-order valence-corrected chi connectivity index (χ4v) is 5.36. The molecule has 27 heavy (non-hydrogen) atoms. The molecule has 1 aromatic heterocycles. The van der Waals surface area contributed by atoms with E-state index in [0.29, 0.717) is 48.4 Å². The summed E-state index contributed by atoms with van der Waals surface area (Å²) < 4.78 is 1.76. The number of amides is 3. The minimum absolute atomic E-state index is 0.0196. The van der Waals surface area contributed by atoms with Crippen LogP contribution in [-0.2, 0) is 7.05 Å². The fourth-order valence-electron chi connectivity index (χ4n) is 5.11. The van der Waals surface area contributed by atoms with Gasteiger partial charge in [-0.3, -0.25) is 4.79 Å². The number of rotatable bonds is 2. The number of halogens is 1. The first-order valence-corrected chi connectivity index (χ1v) is 10.5. The van der Waals surface area contributed by atoms with Gasteiger partial charge < -0.3 is 19.7 Å². The standard InChI is InChI=1S/C20H29ClN4O2/c1-23-14-15(21)11-17(23)18(26)24-7-4-8-25(10-9-24)19(27)22-16-12-20(13-16)5-2-3-6-20/h11,14,16H,2-10,12-13H2,1H3,(H,22,27). The third-order valence-corrected chi connectivity index (χ3v) is 6.82. The van der Waals surface area contributed by atoms with Gasteiger partial charge in [0.25, 0.3) is 5.91 Å². The largest absolute Gasteiger partial charge is 0.345 e. The number of carbonyl (C=O) groups excluding carboxylic acids is 2. The Kier molecular flexibility index (Phi) is 5.10.